The molecule has 0 saturated carbocycles. The van der Waals surface area contributed by atoms with Crippen molar-refractivity contribution in [1.29, 1.82) is 0 Å². The molecule has 0 bridgehead atoms. The number of carbonyl (C=O) groups is 1. The predicted molar refractivity (Wildman–Crippen MR) is 82.2 cm³/mol. The topological polar surface area (TPSA) is 72.9 Å². The van der Waals surface area contributed by atoms with Crippen LogP contribution < -0.4 is 4.74 Å². The quantitative estimate of drug-likeness (QED) is 0.606. The molecule has 0 aliphatic heterocycles. The Morgan fingerprint density at radius 1 is 1.32 bits per heavy atom. The van der Waals surface area contributed by atoms with Gasteiger partial charge in [-0.2, -0.15) is 4.31 Å². The third-order valence-electron chi connectivity index (χ3n) is 3.36. The lowest BCUT2D eigenvalue weighted by molar-refractivity contribution is 0.0600. The van der Waals surface area contributed by atoms with E-state index in [4.69, 9.17) is 11.2 Å². The third kappa shape index (κ3) is 3.24. The molecule has 1 rings (SSSR count). The molecular weight excluding hydrogens is 306 g/mol. The Hall–Kier alpha value is -2.04. The van der Waals surface area contributed by atoms with E-state index in [1.54, 1.807) is 13.8 Å². The van der Waals surface area contributed by atoms with Crippen LogP contribution in [0.5, 0.6) is 5.75 Å². The molecule has 22 heavy (non-hydrogen) atoms. The molecule has 0 spiro atoms. The second-order valence-corrected chi connectivity index (χ2v) is 6.97. The van der Waals surface area contributed by atoms with Crippen LogP contribution in [-0.2, 0) is 14.8 Å². The predicted octanol–water partition coefficient (Wildman–Crippen LogP) is 1.51. The number of esters is 1. The molecule has 120 valence electrons. The molecule has 0 heterocycles. The van der Waals surface area contributed by atoms with E-state index < -0.39 is 21.5 Å². The van der Waals surface area contributed by atoms with E-state index in [0.29, 0.717) is 0 Å². The van der Waals surface area contributed by atoms with Crippen LogP contribution in [0.2, 0.25) is 0 Å². The van der Waals surface area contributed by atoms with Gasteiger partial charge in [-0.05, 0) is 32.0 Å². The Balaban J connectivity index is 3.44. The van der Waals surface area contributed by atoms with Crippen molar-refractivity contribution in [2.24, 2.45) is 0 Å². The number of methoxy groups -OCH3 is 2. The average Bonchev–Trinajstić information content (AvgIpc) is 2.52. The van der Waals surface area contributed by atoms with Gasteiger partial charge in [-0.1, -0.05) is 5.92 Å². The molecule has 7 heteroatoms. The van der Waals surface area contributed by atoms with Crippen LogP contribution in [0.15, 0.2) is 23.1 Å². The minimum absolute atomic E-state index is 0.0440. The first-order valence-corrected chi connectivity index (χ1v) is 7.79. The lowest BCUT2D eigenvalue weighted by Gasteiger charge is -2.30. The summed E-state index contributed by atoms with van der Waals surface area (Å²) in [6.07, 6.45) is 5.39. The molecule has 6 nitrogen and oxygen atoms in total. The highest BCUT2D eigenvalue weighted by atomic mass is 32.2. The van der Waals surface area contributed by atoms with Crippen LogP contribution in [-0.4, -0.2) is 45.5 Å². The fourth-order valence-electron chi connectivity index (χ4n) is 1.66. The minimum Gasteiger partial charge on any atom is -0.495 e. The van der Waals surface area contributed by atoms with Crippen LogP contribution in [0, 0.1) is 12.3 Å². The summed E-state index contributed by atoms with van der Waals surface area (Å²) in [6.45, 7) is 3.22. The van der Waals surface area contributed by atoms with Crippen molar-refractivity contribution in [2.75, 3.05) is 21.3 Å². The van der Waals surface area contributed by atoms with Gasteiger partial charge in [-0.15, -0.1) is 6.42 Å². The molecule has 0 amide bonds. The number of benzene rings is 1. The molecule has 0 aliphatic rings. The average molecular weight is 325 g/mol. The molecule has 0 saturated heterocycles. The van der Waals surface area contributed by atoms with Crippen LogP contribution >= 0.6 is 0 Å². The first-order chi connectivity index (χ1) is 10.1. The third-order valence-corrected chi connectivity index (χ3v) is 5.43. The smallest absolute Gasteiger partial charge is 0.337 e. The van der Waals surface area contributed by atoms with Crippen molar-refractivity contribution in [3.63, 3.8) is 0 Å². The molecule has 1 aromatic rings. The molecule has 0 radical (unpaired) electrons. The summed E-state index contributed by atoms with van der Waals surface area (Å²) in [4.78, 5) is 11.4. The summed E-state index contributed by atoms with van der Waals surface area (Å²) in [5, 5.41) is 0. The number of hydrogen-bond acceptors (Lipinski definition) is 5. The van der Waals surface area contributed by atoms with Crippen LogP contribution in [0.1, 0.15) is 24.2 Å². The van der Waals surface area contributed by atoms with Gasteiger partial charge < -0.3 is 9.47 Å². The number of terminal acetylenes is 1. The lowest BCUT2D eigenvalue weighted by atomic mass is 10.1. The van der Waals surface area contributed by atoms with E-state index in [-0.39, 0.29) is 16.2 Å². The van der Waals surface area contributed by atoms with Crippen molar-refractivity contribution in [1.82, 2.24) is 4.31 Å². The maximum absolute atomic E-state index is 12.7. The Morgan fingerprint density at radius 2 is 1.91 bits per heavy atom. The summed E-state index contributed by atoms with van der Waals surface area (Å²) in [7, 11) is 0.0647. The van der Waals surface area contributed by atoms with Crippen molar-refractivity contribution in [3.05, 3.63) is 23.8 Å². The molecule has 0 aromatic heterocycles. The molecule has 0 fully saturated rings. The van der Waals surface area contributed by atoms with Gasteiger partial charge in [0.05, 0.1) is 25.3 Å². The molecule has 0 atom stereocenters. The van der Waals surface area contributed by atoms with Gasteiger partial charge in [0.25, 0.3) is 0 Å². The first-order valence-electron chi connectivity index (χ1n) is 6.35. The van der Waals surface area contributed by atoms with Crippen LogP contribution in [0.3, 0.4) is 0 Å². The maximum Gasteiger partial charge on any atom is 0.337 e. The number of sulfonamides is 1. The highest BCUT2D eigenvalue weighted by Crippen LogP contribution is 2.30. The first kappa shape index (κ1) is 18.0. The van der Waals surface area contributed by atoms with Crippen molar-refractivity contribution in [2.45, 2.75) is 24.3 Å². The van der Waals surface area contributed by atoms with E-state index in [1.807, 2.05) is 0 Å². The Labute approximate surface area is 131 Å². The standard InChI is InChI=1S/C15H19NO5S/c1-7-15(2,3)16(4)22(18,19)13-9-8-11(14(17)21-6)10-12(13)20-5/h1,8-10H,2-6H3. The molecule has 0 aliphatic carbocycles. The van der Waals surface area contributed by atoms with E-state index in [1.165, 1.54) is 39.5 Å². The van der Waals surface area contributed by atoms with E-state index in [0.717, 1.165) is 4.31 Å². The number of nitrogens with zero attached hydrogens (tertiary/aromatic N) is 1. The van der Waals surface area contributed by atoms with Crippen LogP contribution in [0.4, 0.5) is 0 Å². The van der Waals surface area contributed by atoms with Gasteiger partial charge in [-0.3, -0.25) is 0 Å². The number of carbonyl (C=O) groups excluding carboxylic acids is 1. The van der Waals surface area contributed by atoms with Crippen LogP contribution in [0.25, 0.3) is 0 Å². The Bertz CT molecular complexity index is 716. The van der Waals surface area contributed by atoms with Gasteiger partial charge >= 0.3 is 5.97 Å². The number of ether oxygens (including phenoxy) is 2. The molecular formula is C15H19NO5S. The number of rotatable bonds is 5. The van der Waals surface area contributed by atoms with E-state index in [2.05, 4.69) is 10.7 Å². The molecule has 0 unspecified atom stereocenters. The zero-order valence-corrected chi connectivity index (χ0v) is 14.0. The monoisotopic (exact) mass is 325 g/mol. The summed E-state index contributed by atoms with van der Waals surface area (Å²) in [6, 6.07) is 3.97. The summed E-state index contributed by atoms with van der Waals surface area (Å²) < 4.78 is 36.2. The normalized spacial score (nSPS) is 11.9. The highest BCUT2D eigenvalue weighted by molar-refractivity contribution is 7.89. The van der Waals surface area contributed by atoms with Crippen molar-refractivity contribution in [3.8, 4) is 18.1 Å². The summed E-state index contributed by atoms with van der Waals surface area (Å²) in [5.74, 6) is 1.89. The number of hydrogen-bond donors (Lipinski definition) is 0. The molecule has 0 N–H and O–H groups in total. The Kier molecular flexibility index (Phi) is 5.22. The second kappa shape index (κ2) is 6.38. The van der Waals surface area contributed by atoms with Gasteiger partial charge in [0.1, 0.15) is 10.6 Å². The zero-order chi connectivity index (χ0) is 17.1. The SMILES string of the molecule is C#CC(C)(C)N(C)S(=O)(=O)c1ccc(C(=O)OC)cc1OC. The maximum atomic E-state index is 12.7. The Morgan fingerprint density at radius 3 is 2.36 bits per heavy atom. The van der Waals surface area contributed by atoms with Gasteiger partial charge in [0.15, 0.2) is 0 Å². The lowest BCUT2D eigenvalue weighted by Crippen LogP contribution is -2.43. The van der Waals surface area contributed by atoms with Crippen molar-refractivity contribution >= 4 is 16.0 Å². The zero-order valence-electron chi connectivity index (χ0n) is 13.2. The largest absolute Gasteiger partial charge is 0.495 e. The van der Waals surface area contributed by atoms with Gasteiger partial charge in [0, 0.05) is 7.05 Å². The summed E-state index contributed by atoms with van der Waals surface area (Å²) in [5.41, 5.74) is -0.817. The second-order valence-electron chi connectivity index (χ2n) is 5.03. The fraction of sp³-hybridized carbons (Fsp3) is 0.400. The molecule has 1 aromatic carbocycles. The van der Waals surface area contributed by atoms with Crippen molar-refractivity contribution < 1.29 is 22.7 Å². The summed E-state index contributed by atoms with van der Waals surface area (Å²) >= 11 is 0. The van der Waals surface area contributed by atoms with E-state index >= 15 is 0 Å². The van der Waals surface area contributed by atoms with E-state index in [9.17, 15) is 13.2 Å². The van der Waals surface area contributed by atoms with Gasteiger partial charge in [0.2, 0.25) is 10.0 Å². The minimum atomic E-state index is -3.89. The van der Waals surface area contributed by atoms with Gasteiger partial charge in [-0.25, -0.2) is 13.2 Å². The highest BCUT2D eigenvalue weighted by Gasteiger charge is 2.34. The fourth-order valence-corrected chi connectivity index (χ4v) is 3.25.